The van der Waals surface area contributed by atoms with Crippen LogP contribution in [-0.2, 0) is 6.18 Å². The smallest absolute Gasteiger partial charge is 0.416 e. The Kier molecular flexibility index (Phi) is 7.98. The van der Waals surface area contributed by atoms with Crippen molar-refractivity contribution in [2.75, 3.05) is 0 Å². The standard InChI is InChI=1S/C25H16F3N3OS.C8H7NOS/c1-15-29-21-13-19(11-12-22(21)33-15)32-23-14-20(16-7-9-18(10-8-16)25(26,27)28)24(31-30-23)17-5-3-2-4-6-17;1-5-9-7-4-6(10)2-3-8(7)11-5/h2-14H,1H3;2-4,10H,1H3. The van der Waals surface area contributed by atoms with E-state index in [1.165, 1.54) is 12.1 Å². The van der Waals surface area contributed by atoms with E-state index in [0.29, 0.717) is 22.6 Å². The Morgan fingerprint density at radius 2 is 1.32 bits per heavy atom. The summed E-state index contributed by atoms with van der Waals surface area (Å²) in [5, 5.41) is 19.7. The first-order chi connectivity index (χ1) is 21.1. The predicted octanol–water partition coefficient (Wildman–Crippen LogP) is 9.85. The van der Waals surface area contributed by atoms with Crippen LogP contribution < -0.4 is 4.74 Å². The number of hydrogen-bond acceptors (Lipinski definition) is 8. The zero-order valence-corrected chi connectivity index (χ0v) is 25.0. The van der Waals surface area contributed by atoms with E-state index in [4.69, 9.17) is 9.84 Å². The molecular weight excluding hydrogens is 606 g/mol. The number of aryl methyl sites for hydroxylation is 2. The van der Waals surface area contributed by atoms with E-state index < -0.39 is 11.7 Å². The van der Waals surface area contributed by atoms with E-state index in [1.54, 1.807) is 40.9 Å². The molecule has 0 aliphatic rings. The number of thiazole rings is 2. The van der Waals surface area contributed by atoms with Crippen LogP contribution in [0.1, 0.15) is 15.6 Å². The van der Waals surface area contributed by atoms with Gasteiger partial charge in [-0.05, 0) is 55.8 Å². The van der Waals surface area contributed by atoms with Crippen molar-refractivity contribution >= 4 is 43.1 Å². The zero-order valence-electron chi connectivity index (χ0n) is 23.3. The van der Waals surface area contributed by atoms with E-state index in [2.05, 4.69) is 20.2 Å². The minimum Gasteiger partial charge on any atom is -0.508 e. The Morgan fingerprint density at radius 3 is 1.98 bits per heavy atom. The highest BCUT2D eigenvalue weighted by atomic mass is 32.1. The number of hydrogen-bond donors (Lipinski definition) is 1. The number of benzene rings is 4. The minimum absolute atomic E-state index is 0.232. The topological polar surface area (TPSA) is 81.0 Å². The van der Waals surface area contributed by atoms with Gasteiger partial charge in [-0.2, -0.15) is 13.2 Å². The fraction of sp³-hybridized carbons (Fsp3) is 0.0909. The monoisotopic (exact) mass is 628 g/mol. The molecule has 11 heteroatoms. The molecule has 4 aromatic carbocycles. The largest absolute Gasteiger partial charge is 0.508 e. The average molecular weight is 629 g/mol. The third kappa shape index (κ3) is 6.53. The normalized spacial score (nSPS) is 11.4. The van der Waals surface area contributed by atoms with Gasteiger partial charge in [0.1, 0.15) is 17.2 Å². The van der Waals surface area contributed by atoms with Crippen LogP contribution >= 0.6 is 22.7 Å². The number of phenolic OH excluding ortho intramolecular Hbond substituents is 1. The molecule has 3 heterocycles. The van der Waals surface area contributed by atoms with Crippen molar-refractivity contribution in [3.05, 3.63) is 113 Å². The molecule has 3 aromatic heterocycles. The molecule has 0 spiro atoms. The van der Waals surface area contributed by atoms with Crippen LogP contribution in [0.2, 0.25) is 0 Å². The fourth-order valence-corrected chi connectivity index (χ4v) is 6.14. The van der Waals surface area contributed by atoms with E-state index >= 15 is 0 Å². The second kappa shape index (κ2) is 12.0. The molecule has 0 aliphatic heterocycles. The Bertz CT molecular complexity index is 2080. The Morgan fingerprint density at radius 1 is 0.682 bits per heavy atom. The molecule has 7 rings (SSSR count). The summed E-state index contributed by atoms with van der Waals surface area (Å²) < 4.78 is 47.2. The van der Waals surface area contributed by atoms with Crippen molar-refractivity contribution in [1.29, 1.82) is 0 Å². The third-order valence-corrected chi connectivity index (χ3v) is 8.41. The average Bonchev–Trinajstić information content (AvgIpc) is 3.57. The number of fused-ring (bicyclic) bond motifs is 2. The summed E-state index contributed by atoms with van der Waals surface area (Å²) >= 11 is 3.23. The summed E-state index contributed by atoms with van der Waals surface area (Å²) in [6.45, 7) is 3.90. The van der Waals surface area contributed by atoms with Gasteiger partial charge in [-0.1, -0.05) is 42.5 Å². The lowest BCUT2D eigenvalue weighted by Gasteiger charge is -2.12. The lowest BCUT2D eigenvalue weighted by molar-refractivity contribution is -0.137. The second-order valence-electron chi connectivity index (χ2n) is 9.74. The van der Waals surface area contributed by atoms with Gasteiger partial charge >= 0.3 is 6.18 Å². The summed E-state index contributed by atoms with van der Waals surface area (Å²) in [5.41, 5.74) is 3.54. The molecule has 0 aliphatic carbocycles. The van der Waals surface area contributed by atoms with Gasteiger partial charge in [-0.25, -0.2) is 9.97 Å². The van der Waals surface area contributed by atoms with Crippen LogP contribution in [0.15, 0.2) is 97.1 Å². The van der Waals surface area contributed by atoms with Crippen molar-refractivity contribution < 1.29 is 23.0 Å². The number of halogens is 3. The van der Waals surface area contributed by atoms with Crippen molar-refractivity contribution in [2.24, 2.45) is 0 Å². The molecule has 0 bridgehead atoms. The van der Waals surface area contributed by atoms with E-state index in [1.807, 2.05) is 68.4 Å². The van der Waals surface area contributed by atoms with Gasteiger partial charge in [0.25, 0.3) is 0 Å². The van der Waals surface area contributed by atoms with Crippen molar-refractivity contribution in [1.82, 2.24) is 20.2 Å². The number of rotatable bonds is 4. The molecule has 7 aromatic rings. The van der Waals surface area contributed by atoms with Gasteiger partial charge in [-0.3, -0.25) is 0 Å². The Hall–Kier alpha value is -4.87. The molecule has 0 radical (unpaired) electrons. The minimum atomic E-state index is -4.40. The third-order valence-electron chi connectivity index (χ3n) is 6.51. The summed E-state index contributed by atoms with van der Waals surface area (Å²) in [7, 11) is 0. The van der Waals surface area contributed by atoms with Crippen LogP contribution in [-0.4, -0.2) is 25.3 Å². The maximum Gasteiger partial charge on any atom is 0.416 e. The van der Waals surface area contributed by atoms with Gasteiger partial charge < -0.3 is 9.84 Å². The highest BCUT2D eigenvalue weighted by molar-refractivity contribution is 7.18. The van der Waals surface area contributed by atoms with Crippen molar-refractivity contribution in [3.8, 4) is 39.8 Å². The summed E-state index contributed by atoms with van der Waals surface area (Å²) in [4.78, 5) is 8.71. The van der Waals surface area contributed by atoms with Gasteiger partial charge in [0.2, 0.25) is 5.88 Å². The maximum absolute atomic E-state index is 13.0. The van der Waals surface area contributed by atoms with Crippen molar-refractivity contribution in [2.45, 2.75) is 20.0 Å². The summed E-state index contributed by atoms with van der Waals surface area (Å²) in [6.07, 6.45) is -4.40. The zero-order chi connectivity index (χ0) is 30.8. The SMILES string of the molecule is Cc1nc2cc(O)ccc2s1.Cc1nc2cc(Oc3cc(-c4ccc(C(F)(F)F)cc4)c(-c4ccccc4)nn3)ccc2s1. The van der Waals surface area contributed by atoms with Crippen LogP contribution in [0.4, 0.5) is 13.2 Å². The first-order valence-electron chi connectivity index (χ1n) is 13.3. The molecule has 6 nitrogen and oxygen atoms in total. The Balaban J connectivity index is 0.000000261. The molecule has 44 heavy (non-hydrogen) atoms. The van der Waals surface area contributed by atoms with Gasteiger partial charge in [0.05, 0.1) is 36.0 Å². The molecule has 0 atom stereocenters. The molecule has 0 amide bonds. The first-order valence-corrected chi connectivity index (χ1v) is 15.0. The van der Waals surface area contributed by atoms with Crippen LogP contribution in [0, 0.1) is 13.8 Å². The van der Waals surface area contributed by atoms with Gasteiger partial charge in [0, 0.05) is 29.3 Å². The number of aromatic nitrogens is 4. The van der Waals surface area contributed by atoms with E-state index in [0.717, 1.165) is 48.1 Å². The molecular formula is C33H23F3N4O2S2. The fourth-order valence-electron chi connectivity index (χ4n) is 4.53. The Labute approximate surface area is 258 Å². The van der Waals surface area contributed by atoms with E-state index in [9.17, 15) is 13.2 Å². The highest BCUT2D eigenvalue weighted by Gasteiger charge is 2.30. The number of nitrogens with zero attached hydrogens (tertiary/aromatic N) is 4. The lowest BCUT2D eigenvalue weighted by Crippen LogP contribution is -2.04. The number of phenols is 1. The van der Waals surface area contributed by atoms with Crippen molar-refractivity contribution in [3.63, 3.8) is 0 Å². The molecule has 0 unspecified atom stereocenters. The number of ether oxygens (including phenoxy) is 1. The van der Waals surface area contributed by atoms with Gasteiger partial charge in [0.15, 0.2) is 0 Å². The summed E-state index contributed by atoms with van der Waals surface area (Å²) in [5.74, 6) is 1.06. The van der Waals surface area contributed by atoms with E-state index in [-0.39, 0.29) is 11.6 Å². The first kappa shape index (κ1) is 29.2. The molecule has 1 N–H and O–H groups in total. The molecule has 0 saturated carbocycles. The predicted molar refractivity (Wildman–Crippen MR) is 168 cm³/mol. The lowest BCUT2D eigenvalue weighted by atomic mass is 9.99. The molecule has 220 valence electrons. The number of aromatic hydroxyl groups is 1. The second-order valence-corrected chi connectivity index (χ2v) is 12.2. The maximum atomic E-state index is 13.0. The quantitative estimate of drug-likeness (QED) is 0.209. The number of alkyl halides is 3. The van der Waals surface area contributed by atoms with Crippen LogP contribution in [0.5, 0.6) is 17.4 Å². The molecule has 0 fully saturated rings. The molecule has 0 saturated heterocycles. The van der Waals surface area contributed by atoms with Gasteiger partial charge in [-0.15, -0.1) is 32.9 Å². The van der Waals surface area contributed by atoms with Crippen LogP contribution in [0.3, 0.4) is 0 Å². The van der Waals surface area contributed by atoms with Crippen LogP contribution in [0.25, 0.3) is 42.8 Å². The highest BCUT2D eigenvalue weighted by Crippen LogP contribution is 2.36. The summed E-state index contributed by atoms with van der Waals surface area (Å²) in [6, 6.07) is 26.8.